The summed E-state index contributed by atoms with van der Waals surface area (Å²) >= 11 is 0. The highest BCUT2D eigenvalue weighted by atomic mass is 16.5. The highest BCUT2D eigenvalue weighted by Crippen LogP contribution is 2.34. The Morgan fingerprint density at radius 2 is 1.71 bits per heavy atom. The van der Waals surface area contributed by atoms with E-state index in [1.165, 1.54) is 0 Å². The first kappa shape index (κ1) is 14.9. The molecule has 1 aromatic heterocycles. The molecule has 24 heavy (non-hydrogen) atoms. The van der Waals surface area contributed by atoms with Crippen LogP contribution in [0.2, 0.25) is 0 Å². The quantitative estimate of drug-likeness (QED) is 0.804. The Kier molecular flexibility index (Phi) is 4.01. The number of nitrogens with one attached hydrogen (secondary N) is 1. The molecule has 1 saturated heterocycles. The lowest BCUT2D eigenvalue weighted by Crippen LogP contribution is -2.44. The molecule has 0 bridgehead atoms. The molecule has 2 heterocycles. The van der Waals surface area contributed by atoms with Gasteiger partial charge in [0.25, 0.3) is 0 Å². The number of nitrogens with zero attached hydrogens (tertiary/aromatic N) is 3. The number of ether oxygens (including phenoxy) is 1. The van der Waals surface area contributed by atoms with Crippen molar-refractivity contribution in [2.24, 2.45) is 0 Å². The second kappa shape index (κ2) is 6.45. The topological polar surface area (TPSA) is 50.3 Å². The summed E-state index contributed by atoms with van der Waals surface area (Å²) < 4.78 is 5.55. The van der Waals surface area contributed by atoms with Crippen molar-refractivity contribution >= 4 is 16.9 Å². The summed E-state index contributed by atoms with van der Waals surface area (Å²) in [6.45, 7) is 3.76. The zero-order valence-corrected chi connectivity index (χ0v) is 13.7. The van der Waals surface area contributed by atoms with E-state index in [4.69, 9.17) is 14.7 Å². The molecular formula is C19H20N4O. The van der Waals surface area contributed by atoms with Crippen molar-refractivity contribution in [2.75, 3.05) is 38.2 Å². The van der Waals surface area contributed by atoms with Gasteiger partial charge in [-0.3, -0.25) is 0 Å². The Labute approximate surface area is 141 Å². The molecule has 0 atom stereocenters. The Morgan fingerprint density at radius 3 is 2.54 bits per heavy atom. The van der Waals surface area contributed by atoms with Gasteiger partial charge < -0.3 is 15.0 Å². The van der Waals surface area contributed by atoms with Crippen LogP contribution in [-0.4, -0.2) is 43.3 Å². The predicted octanol–water partition coefficient (Wildman–Crippen LogP) is 2.72. The van der Waals surface area contributed by atoms with Gasteiger partial charge in [-0.25, -0.2) is 9.97 Å². The highest BCUT2D eigenvalue weighted by molar-refractivity contribution is 5.94. The molecule has 3 aromatic rings. The van der Waals surface area contributed by atoms with Crippen LogP contribution in [-0.2, 0) is 0 Å². The molecule has 122 valence electrons. The Balaban J connectivity index is 1.92. The molecule has 0 unspecified atom stereocenters. The molecule has 1 aliphatic rings. The largest absolute Gasteiger partial charge is 0.496 e. The summed E-state index contributed by atoms with van der Waals surface area (Å²) in [6, 6.07) is 16.2. The van der Waals surface area contributed by atoms with Gasteiger partial charge in [0.1, 0.15) is 5.75 Å². The summed E-state index contributed by atoms with van der Waals surface area (Å²) in [5.41, 5.74) is 2.88. The summed E-state index contributed by atoms with van der Waals surface area (Å²) in [7, 11) is 1.69. The number of rotatable bonds is 3. The normalized spacial score (nSPS) is 14.8. The fraction of sp³-hybridized carbons (Fsp3) is 0.263. The fourth-order valence-electron chi connectivity index (χ4n) is 3.12. The molecule has 1 N–H and O–H groups in total. The Bertz CT molecular complexity index is 859. The average molecular weight is 320 g/mol. The van der Waals surface area contributed by atoms with Crippen LogP contribution < -0.4 is 15.0 Å². The summed E-state index contributed by atoms with van der Waals surface area (Å²) in [6.07, 6.45) is 0. The molecule has 1 fully saturated rings. The van der Waals surface area contributed by atoms with Gasteiger partial charge in [-0.15, -0.1) is 0 Å². The first-order valence-corrected chi connectivity index (χ1v) is 8.22. The van der Waals surface area contributed by atoms with Gasteiger partial charge >= 0.3 is 0 Å². The van der Waals surface area contributed by atoms with Crippen molar-refractivity contribution in [3.63, 3.8) is 0 Å². The van der Waals surface area contributed by atoms with E-state index in [9.17, 15) is 0 Å². The smallest absolute Gasteiger partial charge is 0.226 e. The molecule has 2 aromatic carbocycles. The highest BCUT2D eigenvalue weighted by Gasteiger charge is 2.18. The Hall–Kier alpha value is -2.66. The maximum atomic E-state index is 5.55. The molecule has 0 saturated carbocycles. The van der Waals surface area contributed by atoms with Crippen LogP contribution in [0.5, 0.6) is 5.75 Å². The molecule has 0 aliphatic carbocycles. The lowest BCUT2D eigenvalue weighted by molar-refractivity contribution is 0.416. The number of benzene rings is 2. The predicted molar refractivity (Wildman–Crippen MR) is 96.6 cm³/mol. The average Bonchev–Trinajstić information content (AvgIpc) is 2.68. The number of methoxy groups -OCH3 is 1. The fourth-order valence-corrected chi connectivity index (χ4v) is 3.12. The monoisotopic (exact) mass is 320 g/mol. The molecule has 5 nitrogen and oxygen atoms in total. The van der Waals surface area contributed by atoms with Crippen LogP contribution in [0.25, 0.3) is 22.2 Å². The zero-order valence-electron chi connectivity index (χ0n) is 13.7. The van der Waals surface area contributed by atoms with E-state index in [0.29, 0.717) is 0 Å². The van der Waals surface area contributed by atoms with Crippen molar-refractivity contribution < 1.29 is 4.74 Å². The summed E-state index contributed by atoms with van der Waals surface area (Å²) in [5.74, 6) is 1.61. The number of hydrogen-bond donors (Lipinski definition) is 1. The van der Waals surface area contributed by atoms with Crippen LogP contribution in [0.4, 0.5) is 5.95 Å². The maximum absolute atomic E-state index is 5.55. The van der Waals surface area contributed by atoms with E-state index in [1.54, 1.807) is 7.11 Å². The van der Waals surface area contributed by atoms with Crippen molar-refractivity contribution in [3.05, 3.63) is 48.5 Å². The molecular weight excluding hydrogens is 300 g/mol. The van der Waals surface area contributed by atoms with E-state index >= 15 is 0 Å². The number of para-hydroxylation sites is 2. The SMILES string of the molecule is COc1ccccc1-c1nc(N2CCNCC2)nc2ccccc12. The van der Waals surface area contributed by atoms with E-state index in [1.807, 2.05) is 36.4 Å². The standard InChI is InChI=1S/C19H20N4O/c1-24-17-9-5-3-7-15(17)18-14-6-2-4-8-16(14)21-19(22-18)23-12-10-20-11-13-23/h2-9,20H,10-13H2,1H3. The lowest BCUT2D eigenvalue weighted by atomic mass is 10.1. The van der Waals surface area contributed by atoms with Gasteiger partial charge in [0, 0.05) is 37.1 Å². The zero-order chi connectivity index (χ0) is 16.4. The van der Waals surface area contributed by atoms with Gasteiger partial charge in [-0.05, 0) is 18.2 Å². The van der Waals surface area contributed by atoms with Crippen molar-refractivity contribution in [1.82, 2.24) is 15.3 Å². The number of aromatic nitrogens is 2. The third-order valence-electron chi connectivity index (χ3n) is 4.35. The minimum absolute atomic E-state index is 0.788. The van der Waals surface area contributed by atoms with Gasteiger partial charge in [0.15, 0.2) is 0 Å². The molecule has 1 aliphatic heterocycles. The minimum atomic E-state index is 0.788. The minimum Gasteiger partial charge on any atom is -0.496 e. The molecule has 4 rings (SSSR count). The summed E-state index contributed by atoms with van der Waals surface area (Å²) in [4.78, 5) is 11.9. The van der Waals surface area contributed by atoms with Crippen LogP contribution in [0.3, 0.4) is 0 Å². The maximum Gasteiger partial charge on any atom is 0.226 e. The van der Waals surface area contributed by atoms with Crippen LogP contribution in [0.1, 0.15) is 0 Å². The van der Waals surface area contributed by atoms with E-state index in [-0.39, 0.29) is 0 Å². The lowest BCUT2D eigenvalue weighted by Gasteiger charge is -2.28. The number of hydrogen-bond acceptors (Lipinski definition) is 5. The van der Waals surface area contributed by atoms with Gasteiger partial charge in [0.2, 0.25) is 5.95 Å². The third kappa shape index (κ3) is 2.67. The van der Waals surface area contributed by atoms with Crippen molar-refractivity contribution in [3.8, 4) is 17.0 Å². The van der Waals surface area contributed by atoms with Crippen molar-refractivity contribution in [1.29, 1.82) is 0 Å². The molecule has 0 radical (unpaired) electrons. The number of anilines is 1. The van der Waals surface area contributed by atoms with Gasteiger partial charge in [0.05, 0.1) is 18.3 Å². The third-order valence-corrected chi connectivity index (χ3v) is 4.35. The molecule has 0 amide bonds. The number of piperazine rings is 1. The van der Waals surface area contributed by atoms with E-state index in [0.717, 1.165) is 60.0 Å². The molecule has 5 heteroatoms. The Morgan fingerprint density at radius 1 is 0.958 bits per heavy atom. The van der Waals surface area contributed by atoms with E-state index in [2.05, 4.69) is 22.3 Å². The van der Waals surface area contributed by atoms with Crippen LogP contribution in [0, 0.1) is 0 Å². The first-order chi connectivity index (χ1) is 11.9. The second-order valence-corrected chi connectivity index (χ2v) is 5.83. The van der Waals surface area contributed by atoms with Crippen LogP contribution >= 0.6 is 0 Å². The second-order valence-electron chi connectivity index (χ2n) is 5.83. The summed E-state index contributed by atoms with van der Waals surface area (Å²) in [5, 5.41) is 4.41. The van der Waals surface area contributed by atoms with Gasteiger partial charge in [-0.2, -0.15) is 0 Å². The van der Waals surface area contributed by atoms with Gasteiger partial charge in [-0.1, -0.05) is 30.3 Å². The number of fused-ring (bicyclic) bond motifs is 1. The first-order valence-electron chi connectivity index (χ1n) is 8.22. The van der Waals surface area contributed by atoms with E-state index < -0.39 is 0 Å². The molecule has 0 spiro atoms. The van der Waals surface area contributed by atoms with Crippen LogP contribution in [0.15, 0.2) is 48.5 Å². The van der Waals surface area contributed by atoms with Crippen molar-refractivity contribution in [2.45, 2.75) is 0 Å².